The van der Waals surface area contributed by atoms with Crippen LogP contribution in [0.25, 0.3) is 0 Å². The van der Waals surface area contributed by atoms with Crippen molar-refractivity contribution < 1.29 is 22.3 Å². The highest BCUT2D eigenvalue weighted by Gasteiger charge is 2.96. The third-order valence-corrected chi connectivity index (χ3v) is 5.07. The van der Waals surface area contributed by atoms with Crippen molar-refractivity contribution >= 4 is 0 Å². The molecule has 0 bridgehead atoms. The molecular weight excluding hydrogens is 248 g/mol. The van der Waals surface area contributed by atoms with Crippen LogP contribution in [0.15, 0.2) is 0 Å². The van der Waals surface area contributed by atoms with Crippen molar-refractivity contribution in [1.29, 1.82) is 0 Å². The number of halogens is 4. The van der Waals surface area contributed by atoms with Gasteiger partial charge in [-0.1, -0.05) is 41.5 Å². The third kappa shape index (κ3) is 0.949. The van der Waals surface area contributed by atoms with Crippen LogP contribution in [0.1, 0.15) is 41.5 Å². The fourth-order valence-corrected chi connectivity index (χ4v) is 4.11. The van der Waals surface area contributed by atoms with E-state index in [4.69, 9.17) is 4.74 Å². The zero-order chi connectivity index (χ0) is 14.4. The van der Waals surface area contributed by atoms with E-state index in [0.717, 1.165) is 0 Å². The zero-order valence-electron chi connectivity index (χ0n) is 11.6. The smallest absolute Gasteiger partial charge is 0.303 e. The molecule has 0 N–H and O–H groups in total. The van der Waals surface area contributed by atoms with E-state index in [2.05, 4.69) is 0 Å². The van der Waals surface area contributed by atoms with Gasteiger partial charge in [-0.2, -0.15) is 0 Å². The maximum Gasteiger partial charge on any atom is 0.303 e. The van der Waals surface area contributed by atoms with Gasteiger partial charge in [0.2, 0.25) is 0 Å². The van der Waals surface area contributed by atoms with Crippen LogP contribution in [0.4, 0.5) is 17.6 Å². The normalized spacial score (nSPS) is 37.2. The number of hydrogen-bond donors (Lipinski definition) is 0. The molecule has 18 heavy (non-hydrogen) atoms. The number of alkyl halides is 4. The summed E-state index contributed by atoms with van der Waals surface area (Å²) in [6, 6.07) is 0. The SMILES string of the molecule is CC(C)C1OC2(C1(F)F)C(C)(C)C(F)(F)C2(C)C. The van der Waals surface area contributed by atoms with Gasteiger partial charge in [0, 0.05) is 0 Å². The zero-order valence-corrected chi connectivity index (χ0v) is 11.6. The lowest BCUT2D eigenvalue weighted by atomic mass is 9.37. The molecule has 0 aromatic heterocycles. The van der Waals surface area contributed by atoms with Crippen LogP contribution in [0.3, 0.4) is 0 Å². The first kappa shape index (κ1) is 14.1. The Morgan fingerprint density at radius 3 is 1.56 bits per heavy atom. The van der Waals surface area contributed by atoms with Gasteiger partial charge in [0.05, 0.1) is 10.8 Å². The van der Waals surface area contributed by atoms with Crippen LogP contribution in [-0.4, -0.2) is 23.6 Å². The molecule has 5 heteroatoms. The monoisotopic (exact) mass is 268 g/mol. The first-order valence-electron chi connectivity index (χ1n) is 6.22. The minimum atomic E-state index is -3.23. The average Bonchev–Trinajstić information content (AvgIpc) is 2.13. The van der Waals surface area contributed by atoms with Gasteiger partial charge in [0.15, 0.2) is 5.60 Å². The van der Waals surface area contributed by atoms with Gasteiger partial charge in [0.1, 0.15) is 6.10 Å². The lowest BCUT2D eigenvalue weighted by Gasteiger charge is -2.78. The maximum absolute atomic E-state index is 14.4. The summed E-state index contributed by atoms with van der Waals surface area (Å²) in [6.07, 6.45) is -1.27. The lowest BCUT2D eigenvalue weighted by Crippen LogP contribution is -2.94. The molecule has 1 saturated heterocycles. The van der Waals surface area contributed by atoms with Crippen LogP contribution in [0, 0.1) is 16.7 Å². The van der Waals surface area contributed by atoms with Crippen molar-refractivity contribution in [2.24, 2.45) is 16.7 Å². The second-order valence-electron chi connectivity index (χ2n) is 6.91. The molecule has 0 amide bonds. The van der Waals surface area contributed by atoms with Crippen molar-refractivity contribution in [2.45, 2.75) is 65.1 Å². The Labute approximate surface area is 105 Å². The molecule has 2 aliphatic rings. The van der Waals surface area contributed by atoms with E-state index in [0.29, 0.717) is 0 Å². The highest BCUT2D eigenvalue weighted by molar-refractivity contribution is 5.35. The first-order chi connectivity index (χ1) is 7.79. The number of rotatable bonds is 1. The van der Waals surface area contributed by atoms with Gasteiger partial charge in [-0.05, 0) is 5.92 Å². The maximum atomic E-state index is 14.4. The van der Waals surface area contributed by atoms with Gasteiger partial charge in [-0.15, -0.1) is 0 Å². The number of ether oxygens (including phenoxy) is 1. The van der Waals surface area contributed by atoms with Gasteiger partial charge in [0.25, 0.3) is 5.92 Å². The van der Waals surface area contributed by atoms with Crippen molar-refractivity contribution in [1.82, 2.24) is 0 Å². The van der Waals surface area contributed by atoms with Crippen molar-refractivity contribution in [3.05, 3.63) is 0 Å². The number of hydrogen-bond acceptors (Lipinski definition) is 1. The van der Waals surface area contributed by atoms with Crippen LogP contribution in [0.5, 0.6) is 0 Å². The molecule has 1 atom stereocenters. The summed E-state index contributed by atoms with van der Waals surface area (Å²) in [6.45, 7) is 7.90. The standard InChI is InChI=1S/C13H20F4O/c1-7(2)8-11(14,15)12(18-8)9(3,4)13(16,17)10(12,5)6/h7-8H,1-6H3. The summed E-state index contributed by atoms with van der Waals surface area (Å²) >= 11 is 0. The van der Waals surface area contributed by atoms with Gasteiger partial charge >= 0.3 is 5.92 Å². The van der Waals surface area contributed by atoms with E-state index in [1.54, 1.807) is 13.8 Å². The molecule has 2 fully saturated rings. The molecule has 2 rings (SSSR count). The third-order valence-electron chi connectivity index (χ3n) is 5.07. The van der Waals surface area contributed by atoms with Crippen LogP contribution >= 0.6 is 0 Å². The molecular formula is C13H20F4O. The van der Waals surface area contributed by atoms with E-state index in [-0.39, 0.29) is 0 Å². The van der Waals surface area contributed by atoms with Crippen molar-refractivity contribution in [3.8, 4) is 0 Å². The summed E-state index contributed by atoms with van der Waals surface area (Å²) in [5.41, 5.74) is -5.79. The molecule has 106 valence electrons. The van der Waals surface area contributed by atoms with Crippen molar-refractivity contribution in [2.75, 3.05) is 0 Å². The summed E-state index contributed by atoms with van der Waals surface area (Å²) in [7, 11) is 0. The quantitative estimate of drug-likeness (QED) is 0.650. The molecule has 1 heterocycles. The Morgan fingerprint density at radius 1 is 0.889 bits per heavy atom. The molecule has 0 radical (unpaired) electrons. The van der Waals surface area contributed by atoms with Crippen LogP contribution in [-0.2, 0) is 4.74 Å². The Balaban J connectivity index is 2.48. The van der Waals surface area contributed by atoms with Gasteiger partial charge in [-0.3, -0.25) is 0 Å². The Morgan fingerprint density at radius 2 is 1.28 bits per heavy atom. The van der Waals surface area contributed by atoms with Gasteiger partial charge < -0.3 is 4.74 Å². The molecule has 0 aromatic rings. The Kier molecular flexibility index (Phi) is 2.39. The van der Waals surface area contributed by atoms with E-state index in [1.807, 2.05) is 0 Å². The lowest BCUT2D eigenvalue weighted by molar-refractivity contribution is -0.541. The Hall–Kier alpha value is -0.320. The highest BCUT2D eigenvalue weighted by Crippen LogP contribution is 2.80. The average molecular weight is 268 g/mol. The molecule has 1 nitrogen and oxygen atoms in total. The summed E-state index contributed by atoms with van der Waals surface area (Å²) in [5.74, 6) is -6.80. The largest absolute Gasteiger partial charge is 0.357 e. The molecule has 1 aliphatic heterocycles. The fourth-order valence-electron chi connectivity index (χ4n) is 4.11. The molecule has 1 saturated carbocycles. The predicted molar refractivity (Wildman–Crippen MR) is 59.9 cm³/mol. The van der Waals surface area contributed by atoms with E-state index >= 15 is 0 Å². The van der Waals surface area contributed by atoms with Crippen LogP contribution < -0.4 is 0 Å². The second kappa shape index (κ2) is 3.05. The fraction of sp³-hybridized carbons (Fsp3) is 1.00. The minimum Gasteiger partial charge on any atom is -0.357 e. The Bertz CT molecular complexity index is 366. The summed E-state index contributed by atoms with van der Waals surface area (Å²) in [4.78, 5) is 0. The molecule has 1 aliphatic carbocycles. The topological polar surface area (TPSA) is 9.23 Å². The van der Waals surface area contributed by atoms with E-state index in [1.165, 1.54) is 27.7 Å². The first-order valence-corrected chi connectivity index (χ1v) is 6.22. The molecule has 1 spiro atoms. The van der Waals surface area contributed by atoms with Gasteiger partial charge in [-0.25, -0.2) is 17.6 Å². The predicted octanol–water partition coefficient (Wildman–Crippen LogP) is 4.12. The molecule has 1 unspecified atom stereocenters. The van der Waals surface area contributed by atoms with Crippen LogP contribution in [0.2, 0.25) is 0 Å². The van der Waals surface area contributed by atoms with E-state index in [9.17, 15) is 17.6 Å². The summed E-state index contributed by atoms with van der Waals surface area (Å²) < 4.78 is 62.4. The minimum absolute atomic E-state index is 0.397. The highest BCUT2D eigenvalue weighted by atomic mass is 19.3. The second-order valence-corrected chi connectivity index (χ2v) is 6.91. The van der Waals surface area contributed by atoms with Crippen molar-refractivity contribution in [3.63, 3.8) is 0 Å². The van der Waals surface area contributed by atoms with E-state index < -0.39 is 40.3 Å². The molecule has 0 aromatic carbocycles. The summed E-state index contributed by atoms with van der Waals surface area (Å²) in [5, 5.41) is 0.